The van der Waals surface area contributed by atoms with Gasteiger partial charge in [0.1, 0.15) is 0 Å². The second kappa shape index (κ2) is 27.9. The summed E-state index contributed by atoms with van der Waals surface area (Å²) < 4.78 is 0.959. The third-order valence-electron chi connectivity index (χ3n) is 17.8. The zero-order valence-corrected chi connectivity index (χ0v) is 55.3. The van der Waals surface area contributed by atoms with Crippen LogP contribution in [-0.4, -0.2) is 57.0 Å². The van der Waals surface area contributed by atoms with Crippen LogP contribution in [0.5, 0.6) is 0 Å². The first-order chi connectivity index (χ1) is 49.3. The molecular formula is C88H58BBrN8O2. The normalized spacial score (nSPS) is 11.2. The van der Waals surface area contributed by atoms with Crippen molar-refractivity contribution < 1.29 is 10.0 Å². The first-order valence-electron chi connectivity index (χ1n) is 32.9. The van der Waals surface area contributed by atoms with Crippen molar-refractivity contribution in [2.24, 2.45) is 0 Å². The van der Waals surface area contributed by atoms with Crippen LogP contribution in [0.25, 0.3) is 167 Å². The van der Waals surface area contributed by atoms with Gasteiger partial charge in [-0.15, -0.1) is 0 Å². The standard InChI is InChI=1S/C44H28N4.C25H16BrN3.C19H14BNO2/c1-3-14-32(15-4-1)42-46-43(33-16-5-2-6-17-33)48-44(47-42)40-34-18-8-7-13-29(34)27-28-35(40)30-23-25-31(26-24-30)41-38-21-10-9-19-36(38)37-20-11-12-22-39(37)45-41;26-21-16-15-17-9-7-8-14-20(17)22(21)25-28-23(18-10-3-1-4-11-18)27-24(29-25)19-12-5-2-6-13-19;22-20(23)14-11-9-13(10-12-14)19-17-7-2-1-5-15(17)16-6-3-4-8-18(16)21-19/h1-28H;1-16H;1-12,22-23H. The van der Waals surface area contributed by atoms with Gasteiger partial charge in [0, 0.05) is 70.5 Å². The van der Waals surface area contributed by atoms with Gasteiger partial charge in [-0.1, -0.05) is 337 Å². The van der Waals surface area contributed by atoms with E-state index in [9.17, 15) is 10.0 Å². The molecule has 18 aromatic rings. The summed E-state index contributed by atoms with van der Waals surface area (Å²) in [6.07, 6.45) is 0. The molecule has 2 N–H and O–H groups in total. The molecule has 12 heteroatoms. The van der Waals surface area contributed by atoms with Crippen molar-refractivity contribution in [3.63, 3.8) is 0 Å². The summed E-state index contributed by atoms with van der Waals surface area (Å²) >= 11 is 3.72. The minimum absolute atomic E-state index is 0.471. The van der Waals surface area contributed by atoms with Gasteiger partial charge in [-0.3, -0.25) is 0 Å². The molecule has 0 spiro atoms. The summed E-state index contributed by atoms with van der Waals surface area (Å²) in [6, 6.07) is 115. The molecule has 100 heavy (non-hydrogen) atoms. The Morgan fingerprint density at radius 2 is 0.530 bits per heavy atom. The molecule has 14 aromatic carbocycles. The van der Waals surface area contributed by atoms with Gasteiger partial charge in [0.15, 0.2) is 34.9 Å². The molecule has 0 saturated heterocycles. The number of hydrogen-bond donors (Lipinski definition) is 2. The highest BCUT2D eigenvalue weighted by atomic mass is 79.9. The molecule has 0 bridgehead atoms. The van der Waals surface area contributed by atoms with Gasteiger partial charge in [0.05, 0.1) is 22.4 Å². The zero-order valence-electron chi connectivity index (χ0n) is 53.8. The van der Waals surface area contributed by atoms with Gasteiger partial charge in [0.25, 0.3) is 0 Å². The molecule has 472 valence electrons. The molecule has 0 radical (unpaired) electrons. The number of para-hydroxylation sites is 2. The van der Waals surface area contributed by atoms with E-state index in [1.54, 1.807) is 12.1 Å². The van der Waals surface area contributed by atoms with Crippen molar-refractivity contribution in [1.29, 1.82) is 0 Å². The van der Waals surface area contributed by atoms with Gasteiger partial charge < -0.3 is 10.0 Å². The molecule has 0 atom stereocenters. The Hall–Kier alpha value is -12.6. The molecule has 0 fully saturated rings. The van der Waals surface area contributed by atoms with Crippen molar-refractivity contribution in [2.75, 3.05) is 0 Å². The van der Waals surface area contributed by atoms with E-state index in [1.165, 1.54) is 10.8 Å². The minimum atomic E-state index is -1.45. The summed E-state index contributed by atoms with van der Waals surface area (Å²) in [5.41, 5.74) is 14.2. The molecular weight excluding hydrogens is 1290 g/mol. The second-order valence-corrected chi connectivity index (χ2v) is 24.9. The maximum absolute atomic E-state index is 9.24. The van der Waals surface area contributed by atoms with E-state index in [1.807, 2.05) is 188 Å². The molecule has 18 rings (SSSR count). The van der Waals surface area contributed by atoms with E-state index in [-0.39, 0.29) is 0 Å². The van der Waals surface area contributed by atoms with Crippen LogP contribution >= 0.6 is 15.9 Å². The zero-order chi connectivity index (χ0) is 67.3. The Labute approximate surface area is 585 Å². The van der Waals surface area contributed by atoms with Crippen molar-refractivity contribution >= 4 is 93.4 Å². The van der Waals surface area contributed by atoms with Crippen molar-refractivity contribution in [2.45, 2.75) is 0 Å². The third kappa shape index (κ3) is 12.6. The number of rotatable bonds is 10. The summed E-state index contributed by atoms with van der Waals surface area (Å²) in [5, 5.41) is 29.8. The lowest BCUT2D eigenvalue weighted by atomic mass is 9.80. The van der Waals surface area contributed by atoms with Gasteiger partial charge in [-0.25, -0.2) is 39.9 Å². The SMILES string of the molecule is Brc1ccc2ccccc2c1-c1nc(-c2ccccc2)nc(-c2ccccc2)n1.OB(O)c1ccc(-c2nc3ccccc3c3ccccc23)cc1.c1ccc(-c2nc(-c3ccccc3)nc(-c3c(-c4ccc(-c5nc6ccccc6c6ccccc56)cc4)ccc4ccccc34)n2)cc1. The number of pyridine rings is 2. The van der Waals surface area contributed by atoms with E-state index in [0.717, 1.165) is 126 Å². The summed E-state index contributed by atoms with van der Waals surface area (Å²) in [6.45, 7) is 0. The van der Waals surface area contributed by atoms with Crippen LogP contribution in [0.15, 0.2) is 344 Å². The number of nitrogens with zero attached hydrogens (tertiary/aromatic N) is 8. The van der Waals surface area contributed by atoms with E-state index >= 15 is 0 Å². The van der Waals surface area contributed by atoms with Crippen LogP contribution in [0.1, 0.15) is 0 Å². The monoisotopic (exact) mass is 1350 g/mol. The summed E-state index contributed by atoms with van der Waals surface area (Å²) in [4.78, 5) is 39.7. The lowest BCUT2D eigenvalue weighted by molar-refractivity contribution is 0.426. The molecule has 10 nitrogen and oxygen atoms in total. The second-order valence-electron chi connectivity index (χ2n) is 24.0. The lowest BCUT2D eigenvalue weighted by Crippen LogP contribution is -2.29. The highest BCUT2D eigenvalue weighted by Crippen LogP contribution is 2.41. The average molecular weight is 1350 g/mol. The first kappa shape index (κ1) is 62.2. The maximum atomic E-state index is 9.24. The largest absolute Gasteiger partial charge is 0.488 e. The highest BCUT2D eigenvalue weighted by molar-refractivity contribution is 9.10. The number of fused-ring (bicyclic) bond motifs is 8. The summed E-state index contributed by atoms with van der Waals surface area (Å²) in [5.74, 6) is 3.90. The molecule has 0 unspecified atom stereocenters. The Kier molecular flexibility index (Phi) is 17.3. The van der Waals surface area contributed by atoms with E-state index in [0.29, 0.717) is 40.4 Å². The minimum Gasteiger partial charge on any atom is -0.423 e. The Morgan fingerprint density at radius 1 is 0.220 bits per heavy atom. The molecule has 0 aliphatic rings. The van der Waals surface area contributed by atoms with Gasteiger partial charge >= 0.3 is 7.12 Å². The number of hydrogen-bond acceptors (Lipinski definition) is 10. The number of halogens is 1. The molecule has 4 heterocycles. The van der Waals surface area contributed by atoms with E-state index in [2.05, 4.69) is 155 Å². The van der Waals surface area contributed by atoms with Gasteiger partial charge in [-0.2, -0.15) is 0 Å². The number of aromatic nitrogens is 8. The predicted molar refractivity (Wildman–Crippen MR) is 413 cm³/mol. The third-order valence-corrected chi connectivity index (χ3v) is 18.5. The van der Waals surface area contributed by atoms with E-state index < -0.39 is 7.12 Å². The van der Waals surface area contributed by atoms with Crippen LogP contribution in [-0.2, 0) is 0 Å². The average Bonchev–Trinajstić information content (AvgIpc) is 0.775. The van der Waals surface area contributed by atoms with Gasteiger partial charge in [0.2, 0.25) is 0 Å². The fourth-order valence-corrected chi connectivity index (χ4v) is 13.5. The van der Waals surface area contributed by atoms with E-state index in [4.69, 9.17) is 39.9 Å². The molecule has 0 saturated carbocycles. The fourth-order valence-electron chi connectivity index (χ4n) is 12.9. The topological polar surface area (TPSA) is 144 Å². The van der Waals surface area contributed by atoms with Crippen LogP contribution in [0.3, 0.4) is 0 Å². The fraction of sp³-hybridized carbons (Fsp3) is 0. The van der Waals surface area contributed by atoms with Gasteiger partial charge in [-0.05, 0) is 67.1 Å². The first-order valence-corrected chi connectivity index (χ1v) is 33.7. The maximum Gasteiger partial charge on any atom is 0.488 e. The van der Waals surface area contributed by atoms with Crippen LogP contribution in [0.4, 0.5) is 0 Å². The smallest absolute Gasteiger partial charge is 0.423 e. The van der Waals surface area contributed by atoms with Crippen molar-refractivity contribution in [3.05, 3.63) is 344 Å². The van der Waals surface area contributed by atoms with Crippen molar-refractivity contribution in [1.82, 2.24) is 39.9 Å². The molecule has 4 aromatic heterocycles. The summed E-state index contributed by atoms with van der Waals surface area (Å²) in [7, 11) is -1.45. The predicted octanol–water partition coefficient (Wildman–Crippen LogP) is 20.6. The highest BCUT2D eigenvalue weighted by Gasteiger charge is 2.21. The number of benzene rings is 14. The molecule has 0 amide bonds. The molecule has 0 aliphatic carbocycles. The van der Waals surface area contributed by atoms with Crippen LogP contribution in [0.2, 0.25) is 0 Å². The Morgan fingerprint density at radius 3 is 0.950 bits per heavy atom. The van der Waals surface area contributed by atoms with Crippen LogP contribution in [0, 0.1) is 0 Å². The quantitative estimate of drug-likeness (QED) is 0.100. The van der Waals surface area contributed by atoms with Crippen molar-refractivity contribution in [3.8, 4) is 102 Å². The Bertz CT molecular complexity index is 5900. The Balaban J connectivity index is 0.000000127. The lowest BCUT2D eigenvalue weighted by Gasteiger charge is -2.15. The van der Waals surface area contributed by atoms with Crippen LogP contribution < -0.4 is 5.46 Å². The molecule has 0 aliphatic heterocycles.